The average molecular weight is 197 g/mol. The quantitative estimate of drug-likeness (QED) is 0.580. The Balaban J connectivity index is 1.88. The molecule has 0 radical (unpaired) electrons. The summed E-state index contributed by atoms with van der Waals surface area (Å²) in [5.41, 5.74) is 0. The van der Waals surface area contributed by atoms with Gasteiger partial charge in [-0.05, 0) is 18.9 Å². The van der Waals surface area contributed by atoms with E-state index in [1.165, 1.54) is 24.2 Å². The molecule has 5 heteroatoms. The second-order valence-electron chi connectivity index (χ2n) is 3.33. The second kappa shape index (κ2) is 3.80. The Labute approximate surface area is 81.6 Å². The number of hydrogen-bond donors (Lipinski definition) is 3. The van der Waals surface area contributed by atoms with Gasteiger partial charge >= 0.3 is 7.12 Å². The lowest BCUT2D eigenvalue weighted by Gasteiger charge is -1.98. The highest BCUT2D eigenvalue weighted by atomic mass is 32.1. The van der Waals surface area contributed by atoms with Crippen LogP contribution in [0.15, 0.2) is 12.1 Å². The van der Waals surface area contributed by atoms with Gasteiger partial charge in [0, 0.05) is 22.2 Å². The Kier molecular flexibility index (Phi) is 2.69. The predicted octanol–water partition coefficient (Wildman–Crippen LogP) is -0.320. The molecule has 0 atom stereocenters. The van der Waals surface area contributed by atoms with Crippen molar-refractivity contribution in [2.75, 3.05) is 0 Å². The van der Waals surface area contributed by atoms with Crippen molar-refractivity contribution in [2.45, 2.75) is 25.4 Å². The summed E-state index contributed by atoms with van der Waals surface area (Å²) in [7, 11) is -1.32. The molecular formula is C8H12BNO2S. The third-order valence-corrected chi connectivity index (χ3v) is 3.20. The van der Waals surface area contributed by atoms with E-state index in [0.717, 1.165) is 11.4 Å². The maximum atomic E-state index is 8.87. The standard InChI is InChI=1S/C8H12BNO2S/c11-9(12)8-4-3-7(13-8)5-10-6-1-2-6/h3-4,6,10-12H,1-2,5H2. The fraction of sp³-hybridized carbons (Fsp3) is 0.500. The molecule has 3 N–H and O–H groups in total. The van der Waals surface area contributed by atoms with Gasteiger partial charge in [-0.2, -0.15) is 0 Å². The minimum atomic E-state index is -1.32. The largest absolute Gasteiger partial charge is 0.499 e. The molecule has 1 saturated carbocycles. The molecule has 1 fully saturated rings. The van der Waals surface area contributed by atoms with Gasteiger partial charge in [0.2, 0.25) is 0 Å². The SMILES string of the molecule is OB(O)c1ccc(CNC2CC2)s1. The van der Waals surface area contributed by atoms with E-state index in [0.29, 0.717) is 10.8 Å². The average Bonchev–Trinajstić information content (AvgIpc) is 2.79. The Morgan fingerprint density at radius 2 is 2.23 bits per heavy atom. The summed E-state index contributed by atoms with van der Waals surface area (Å²) in [4.78, 5) is 1.16. The maximum Gasteiger partial charge on any atom is 0.499 e. The van der Waals surface area contributed by atoms with Gasteiger partial charge in [0.05, 0.1) is 0 Å². The molecule has 13 heavy (non-hydrogen) atoms. The van der Waals surface area contributed by atoms with Crippen molar-refractivity contribution in [1.29, 1.82) is 0 Å². The van der Waals surface area contributed by atoms with Gasteiger partial charge in [0.1, 0.15) is 0 Å². The maximum absolute atomic E-state index is 8.87. The first-order chi connectivity index (χ1) is 6.25. The van der Waals surface area contributed by atoms with E-state index in [1.54, 1.807) is 6.07 Å². The van der Waals surface area contributed by atoms with E-state index >= 15 is 0 Å². The van der Waals surface area contributed by atoms with Crippen molar-refractivity contribution in [3.05, 3.63) is 17.0 Å². The number of hydrogen-bond acceptors (Lipinski definition) is 4. The highest BCUT2D eigenvalue weighted by Crippen LogP contribution is 2.19. The first kappa shape index (κ1) is 9.21. The molecule has 1 aliphatic carbocycles. The molecule has 1 aromatic heterocycles. The lowest BCUT2D eigenvalue weighted by Crippen LogP contribution is -2.26. The molecule has 0 bridgehead atoms. The van der Waals surface area contributed by atoms with Gasteiger partial charge in [-0.1, -0.05) is 6.07 Å². The van der Waals surface area contributed by atoms with Crippen LogP contribution in [0.3, 0.4) is 0 Å². The lowest BCUT2D eigenvalue weighted by atomic mass is 9.90. The topological polar surface area (TPSA) is 52.5 Å². The highest BCUT2D eigenvalue weighted by Gasteiger charge is 2.20. The van der Waals surface area contributed by atoms with Crippen LogP contribution >= 0.6 is 11.3 Å². The van der Waals surface area contributed by atoms with Gasteiger partial charge in [-0.3, -0.25) is 0 Å². The number of nitrogens with one attached hydrogen (secondary N) is 1. The summed E-state index contributed by atoms with van der Waals surface area (Å²) in [5, 5.41) is 21.1. The molecular weight excluding hydrogens is 185 g/mol. The summed E-state index contributed by atoms with van der Waals surface area (Å²) in [6.45, 7) is 0.849. The van der Waals surface area contributed by atoms with Gasteiger partial charge in [0.25, 0.3) is 0 Å². The summed E-state index contributed by atoms with van der Waals surface area (Å²) in [6, 6.07) is 4.40. The Bertz CT molecular complexity index is 285. The van der Waals surface area contributed by atoms with E-state index in [1.807, 2.05) is 6.07 Å². The molecule has 0 saturated heterocycles. The number of rotatable bonds is 4. The van der Waals surface area contributed by atoms with Crippen LogP contribution in [0.4, 0.5) is 0 Å². The van der Waals surface area contributed by atoms with Gasteiger partial charge in [-0.25, -0.2) is 0 Å². The van der Waals surface area contributed by atoms with Crippen molar-refractivity contribution in [2.24, 2.45) is 0 Å². The van der Waals surface area contributed by atoms with Gasteiger partial charge < -0.3 is 15.4 Å². The monoisotopic (exact) mass is 197 g/mol. The van der Waals surface area contributed by atoms with Crippen LogP contribution in [0.2, 0.25) is 0 Å². The predicted molar refractivity (Wildman–Crippen MR) is 54.0 cm³/mol. The third-order valence-electron chi connectivity index (χ3n) is 2.08. The smallest absolute Gasteiger partial charge is 0.423 e. The van der Waals surface area contributed by atoms with Crippen LogP contribution in [-0.4, -0.2) is 23.2 Å². The van der Waals surface area contributed by atoms with Gasteiger partial charge in [-0.15, -0.1) is 11.3 Å². The summed E-state index contributed by atoms with van der Waals surface area (Å²) < 4.78 is 0.618. The Morgan fingerprint density at radius 1 is 1.46 bits per heavy atom. The molecule has 0 aliphatic heterocycles. The van der Waals surface area contributed by atoms with Crippen LogP contribution in [0.5, 0.6) is 0 Å². The zero-order chi connectivity index (χ0) is 9.26. The molecule has 0 unspecified atom stereocenters. The molecule has 1 aliphatic rings. The zero-order valence-electron chi connectivity index (χ0n) is 7.23. The van der Waals surface area contributed by atoms with Crippen LogP contribution in [-0.2, 0) is 6.54 Å². The van der Waals surface area contributed by atoms with Gasteiger partial charge in [0.15, 0.2) is 0 Å². The first-order valence-corrected chi connectivity index (χ1v) is 5.25. The lowest BCUT2D eigenvalue weighted by molar-refractivity contribution is 0.427. The van der Waals surface area contributed by atoms with Crippen LogP contribution in [0.25, 0.3) is 0 Å². The van der Waals surface area contributed by atoms with E-state index in [9.17, 15) is 0 Å². The van der Waals surface area contributed by atoms with Crippen LogP contribution < -0.4 is 10.1 Å². The van der Waals surface area contributed by atoms with E-state index in [4.69, 9.17) is 10.0 Å². The zero-order valence-corrected chi connectivity index (χ0v) is 8.05. The van der Waals surface area contributed by atoms with E-state index in [2.05, 4.69) is 5.32 Å². The molecule has 0 amide bonds. The minimum absolute atomic E-state index is 0.618. The number of thiophene rings is 1. The van der Waals surface area contributed by atoms with Crippen LogP contribution in [0.1, 0.15) is 17.7 Å². The van der Waals surface area contributed by atoms with Crippen molar-refractivity contribution < 1.29 is 10.0 Å². The normalized spacial score (nSPS) is 16.2. The molecule has 1 heterocycles. The van der Waals surface area contributed by atoms with Crippen molar-refractivity contribution >= 4 is 23.2 Å². The summed E-state index contributed by atoms with van der Waals surface area (Å²) in [5.74, 6) is 0. The molecule has 3 nitrogen and oxygen atoms in total. The summed E-state index contributed by atoms with van der Waals surface area (Å²) in [6.07, 6.45) is 2.56. The summed E-state index contributed by atoms with van der Waals surface area (Å²) >= 11 is 1.45. The van der Waals surface area contributed by atoms with E-state index < -0.39 is 7.12 Å². The highest BCUT2D eigenvalue weighted by molar-refractivity contribution is 7.22. The molecule has 0 spiro atoms. The Hall–Kier alpha value is -0.355. The molecule has 2 rings (SSSR count). The van der Waals surface area contributed by atoms with Crippen molar-refractivity contribution in [3.63, 3.8) is 0 Å². The fourth-order valence-electron chi connectivity index (χ4n) is 1.16. The molecule has 0 aromatic carbocycles. The Morgan fingerprint density at radius 3 is 2.77 bits per heavy atom. The molecule has 1 aromatic rings. The minimum Gasteiger partial charge on any atom is -0.423 e. The fourth-order valence-corrected chi connectivity index (χ4v) is 2.00. The van der Waals surface area contributed by atoms with Crippen LogP contribution in [0, 0.1) is 0 Å². The third kappa shape index (κ3) is 2.54. The van der Waals surface area contributed by atoms with Crippen molar-refractivity contribution in [1.82, 2.24) is 5.32 Å². The second-order valence-corrected chi connectivity index (χ2v) is 4.53. The van der Waals surface area contributed by atoms with Crippen molar-refractivity contribution in [3.8, 4) is 0 Å². The molecule has 70 valence electrons. The first-order valence-electron chi connectivity index (χ1n) is 4.44. The van der Waals surface area contributed by atoms with E-state index in [-0.39, 0.29) is 0 Å².